The molecule has 1 unspecified atom stereocenters. The topological polar surface area (TPSA) is 116 Å². The Hall–Kier alpha value is -3.33. The van der Waals surface area contributed by atoms with E-state index in [1.54, 1.807) is 25.1 Å². The number of halogens is 2. The summed E-state index contributed by atoms with van der Waals surface area (Å²) in [7, 11) is 0. The minimum Gasteiger partial charge on any atom is -0.486 e. The third-order valence-corrected chi connectivity index (χ3v) is 6.78. The van der Waals surface area contributed by atoms with Gasteiger partial charge in [0.25, 0.3) is 5.91 Å². The van der Waals surface area contributed by atoms with Crippen LogP contribution in [0.25, 0.3) is 0 Å². The number of nitrogens with zero attached hydrogens (tertiary/aromatic N) is 2. The molecule has 10 heteroatoms. The van der Waals surface area contributed by atoms with Crippen molar-refractivity contribution in [3.05, 3.63) is 76.0 Å². The van der Waals surface area contributed by atoms with Gasteiger partial charge in [-0.15, -0.1) is 0 Å². The average molecular weight is 541 g/mol. The first-order valence-electron chi connectivity index (χ1n) is 12.0. The Kier molecular flexibility index (Phi) is 8.22. The van der Waals surface area contributed by atoms with Gasteiger partial charge in [-0.05, 0) is 63.2 Å². The highest BCUT2D eigenvalue weighted by Gasteiger charge is 2.22. The number of amides is 1. The lowest BCUT2D eigenvalue weighted by atomic mass is 10.1. The van der Waals surface area contributed by atoms with Crippen molar-refractivity contribution in [3.63, 3.8) is 0 Å². The highest BCUT2D eigenvalue weighted by molar-refractivity contribution is 6.48. The predicted molar refractivity (Wildman–Crippen MR) is 150 cm³/mol. The fraction of sp³-hybridized carbons (Fsp3) is 0.296. The molecule has 2 heterocycles. The van der Waals surface area contributed by atoms with Gasteiger partial charge in [-0.1, -0.05) is 23.2 Å². The summed E-state index contributed by atoms with van der Waals surface area (Å²) in [5, 5.41) is 15.5. The highest BCUT2D eigenvalue weighted by atomic mass is 35.5. The summed E-state index contributed by atoms with van der Waals surface area (Å²) >= 11 is 12.5. The van der Waals surface area contributed by atoms with Crippen LogP contribution in [-0.4, -0.2) is 41.8 Å². The second-order valence-corrected chi connectivity index (χ2v) is 10.1. The van der Waals surface area contributed by atoms with Gasteiger partial charge >= 0.3 is 0 Å². The quantitative estimate of drug-likeness (QED) is 0.238. The zero-order valence-corrected chi connectivity index (χ0v) is 22.4. The highest BCUT2D eigenvalue weighted by Crippen LogP contribution is 2.33. The first kappa shape index (κ1) is 26.7. The lowest BCUT2D eigenvalue weighted by molar-refractivity contribution is -0.110. The zero-order valence-electron chi connectivity index (χ0n) is 20.9. The number of hydrogen-bond acceptors (Lipinski definition) is 7. The Balaban J connectivity index is 1.44. The molecule has 194 valence electrons. The predicted octanol–water partition coefficient (Wildman–Crippen LogP) is 5.30. The molecule has 0 saturated carbocycles. The van der Waals surface area contributed by atoms with E-state index in [0.29, 0.717) is 39.1 Å². The summed E-state index contributed by atoms with van der Waals surface area (Å²) in [5.74, 6) is -0.156. The molecule has 0 aliphatic carbocycles. The minimum atomic E-state index is -0.575. The van der Waals surface area contributed by atoms with Crippen LogP contribution in [0.15, 0.2) is 54.9 Å². The van der Waals surface area contributed by atoms with Crippen molar-refractivity contribution in [2.45, 2.75) is 39.0 Å². The number of carbonyl (C=O) groups is 1. The Morgan fingerprint density at radius 3 is 2.38 bits per heavy atom. The Labute approximate surface area is 226 Å². The third kappa shape index (κ3) is 6.33. The molecule has 1 aliphatic rings. The molecular formula is C27H30Cl2N6O2. The van der Waals surface area contributed by atoms with Crippen molar-refractivity contribution >= 4 is 51.9 Å². The minimum absolute atomic E-state index is 0.259. The molecule has 5 N–H and O–H groups in total. The summed E-state index contributed by atoms with van der Waals surface area (Å²) in [6, 6.07) is 13.2. The van der Waals surface area contributed by atoms with E-state index in [1.807, 2.05) is 24.3 Å². The first-order valence-corrected chi connectivity index (χ1v) is 12.7. The van der Waals surface area contributed by atoms with E-state index < -0.39 is 12.0 Å². The average Bonchev–Trinajstić information content (AvgIpc) is 2.84. The van der Waals surface area contributed by atoms with Gasteiger partial charge in [0.1, 0.15) is 17.6 Å². The zero-order chi connectivity index (χ0) is 26.7. The molecule has 2 aromatic carbocycles. The van der Waals surface area contributed by atoms with E-state index in [9.17, 15) is 4.79 Å². The number of piperazine rings is 1. The SMILES string of the molecule is CC(Oc1ccc(N)c(C(=N)C(=O)Nc2ccc(N3C[C@@H](C)N[C@@H](C)C3)cc2)c1)c1c(Cl)cncc1Cl. The number of carbonyl (C=O) groups excluding carboxylic acids is 1. The number of pyridine rings is 1. The molecule has 1 fully saturated rings. The third-order valence-electron chi connectivity index (χ3n) is 6.18. The summed E-state index contributed by atoms with van der Waals surface area (Å²) in [4.78, 5) is 19.2. The molecule has 1 aliphatic heterocycles. The molecule has 1 aromatic heterocycles. The van der Waals surface area contributed by atoms with Gasteiger partial charge < -0.3 is 26.0 Å². The van der Waals surface area contributed by atoms with Gasteiger partial charge in [-0.25, -0.2) is 0 Å². The van der Waals surface area contributed by atoms with E-state index >= 15 is 0 Å². The lowest BCUT2D eigenvalue weighted by Crippen LogP contribution is -2.54. The van der Waals surface area contributed by atoms with Gasteiger partial charge in [0, 0.05) is 65.8 Å². The molecule has 3 aromatic rings. The van der Waals surface area contributed by atoms with Crippen molar-refractivity contribution in [3.8, 4) is 5.75 Å². The van der Waals surface area contributed by atoms with Crippen molar-refractivity contribution in [1.82, 2.24) is 10.3 Å². The number of ether oxygens (including phenoxy) is 1. The van der Waals surface area contributed by atoms with Crippen LogP contribution in [0.4, 0.5) is 17.1 Å². The fourth-order valence-corrected chi connectivity index (χ4v) is 5.18. The smallest absolute Gasteiger partial charge is 0.274 e. The van der Waals surface area contributed by atoms with Crippen LogP contribution in [-0.2, 0) is 4.79 Å². The maximum absolute atomic E-state index is 12.9. The molecule has 1 saturated heterocycles. The van der Waals surface area contributed by atoms with Gasteiger partial charge in [0.15, 0.2) is 0 Å². The van der Waals surface area contributed by atoms with Crippen LogP contribution in [0.5, 0.6) is 5.75 Å². The van der Waals surface area contributed by atoms with E-state index in [0.717, 1.165) is 18.8 Å². The van der Waals surface area contributed by atoms with Gasteiger partial charge in [0.2, 0.25) is 0 Å². The summed E-state index contributed by atoms with van der Waals surface area (Å²) in [6.07, 6.45) is 2.49. The number of nitrogens with one attached hydrogen (secondary N) is 3. The van der Waals surface area contributed by atoms with Crippen LogP contribution in [0.1, 0.15) is 38.0 Å². The first-order chi connectivity index (χ1) is 17.6. The number of benzene rings is 2. The van der Waals surface area contributed by atoms with Crippen molar-refractivity contribution < 1.29 is 9.53 Å². The number of aromatic nitrogens is 1. The molecule has 0 bridgehead atoms. The second-order valence-electron chi connectivity index (χ2n) is 9.28. The van der Waals surface area contributed by atoms with Crippen LogP contribution >= 0.6 is 23.2 Å². The largest absolute Gasteiger partial charge is 0.486 e. The summed E-state index contributed by atoms with van der Waals surface area (Å²) in [5.41, 5.74) is 8.65. The van der Waals surface area contributed by atoms with E-state index in [-0.39, 0.29) is 17.0 Å². The number of rotatable bonds is 7. The standard InChI is InChI=1S/C27H30Cl2N6O2/c1-15-13-35(14-16(2)33-15)19-6-4-18(5-7-19)34-27(36)26(31)21-10-20(8-9-24(21)30)37-17(3)25-22(28)11-32-12-23(25)29/h4-12,15-17,31,33H,13-14,30H2,1-3H3,(H,34,36)/t15-,16+,17?. The Morgan fingerprint density at radius 2 is 1.76 bits per heavy atom. The van der Waals surface area contributed by atoms with Crippen LogP contribution < -0.4 is 26.0 Å². The number of nitrogen functional groups attached to an aromatic ring is 1. The fourth-order valence-electron chi connectivity index (χ4n) is 4.51. The van der Waals surface area contributed by atoms with Crippen LogP contribution in [0.3, 0.4) is 0 Å². The molecule has 37 heavy (non-hydrogen) atoms. The summed E-state index contributed by atoms with van der Waals surface area (Å²) in [6.45, 7) is 7.96. The van der Waals surface area contributed by atoms with E-state index in [2.05, 4.69) is 34.4 Å². The molecule has 0 spiro atoms. The van der Waals surface area contributed by atoms with Gasteiger partial charge in [0.05, 0.1) is 10.0 Å². The van der Waals surface area contributed by atoms with Crippen molar-refractivity contribution in [2.75, 3.05) is 29.0 Å². The normalized spacial score (nSPS) is 18.2. The van der Waals surface area contributed by atoms with E-state index in [1.165, 1.54) is 12.4 Å². The molecule has 8 nitrogen and oxygen atoms in total. The molecular weight excluding hydrogens is 511 g/mol. The maximum Gasteiger partial charge on any atom is 0.274 e. The second kappa shape index (κ2) is 11.4. The van der Waals surface area contributed by atoms with E-state index in [4.69, 9.17) is 39.1 Å². The summed E-state index contributed by atoms with van der Waals surface area (Å²) < 4.78 is 6.00. The van der Waals surface area contributed by atoms with Crippen LogP contribution in [0.2, 0.25) is 10.0 Å². The number of anilines is 3. The molecule has 1 amide bonds. The lowest BCUT2D eigenvalue weighted by Gasteiger charge is -2.37. The monoisotopic (exact) mass is 540 g/mol. The van der Waals surface area contributed by atoms with Gasteiger partial charge in [-0.2, -0.15) is 0 Å². The molecule has 4 rings (SSSR count). The number of hydrogen-bond donors (Lipinski definition) is 4. The van der Waals surface area contributed by atoms with Gasteiger partial charge in [-0.3, -0.25) is 15.2 Å². The van der Waals surface area contributed by atoms with Crippen LogP contribution in [0, 0.1) is 5.41 Å². The molecule has 3 atom stereocenters. The van der Waals surface area contributed by atoms with Crippen molar-refractivity contribution in [2.24, 2.45) is 0 Å². The molecule has 0 radical (unpaired) electrons. The maximum atomic E-state index is 12.9. The Bertz CT molecular complexity index is 1270. The number of nitrogens with two attached hydrogens (primary N) is 1. The van der Waals surface area contributed by atoms with Crippen molar-refractivity contribution in [1.29, 1.82) is 5.41 Å². The Morgan fingerprint density at radius 1 is 1.14 bits per heavy atom.